The van der Waals surface area contributed by atoms with Gasteiger partial charge in [0.2, 0.25) is 5.91 Å². The minimum atomic E-state index is -0.150. The Labute approximate surface area is 168 Å². The number of carbonyl (C=O) groups excluding carboxylic acids is 2. The van der Waals surface area contributed by atoms with Crippen molar-refractivity contribution in [3.63, 3.8) is 0 Å². The number of anilines is 2. The van der Waals surface area contributed by atoms with Crippen molar-refractivity contribution in [3.8, 4) is 0 Å². The topological polar surface area (TPSA) is 81.3 Å². The predicted molar refractivity (Wildman–Crippen MR) is 112 cm³/mol. The highest BCUT2D eigenvalue weighted by Gasteiger charge is 2.32. The third-order valence-electron chi connectivity index (χ3n) is 5.86. The van der Waals surface area contributed by atoms with Gasteiger partial charge in [0.1, 0.15) is 0 Å². The summed E-state index contributed by atoms with van der Waals surface area (Å²) >= 11 is 0. The zero-order valence-electron chi connectivity index (χ0n) is 16.1. The summed E-state index contributed by atoms with van der Waals surface area (Å²) in [5.41, 5.74) is 5.85. The summed E-state index contributed by atoms with van der Waals surface area (Å²) in [4.78, 5) is 28.1. The number of nitrogens with zero attached hydrogens (tertiary/aromatic N) is 3. The molecule has 3 heterocycles. The van der Waals surface area contributed by atoms with E-state index >= 15 is 0 Å². The smallest absolute Gasteiger partial charge is 0.326 e. The lowest BCUT2D eigenvalue weighted by Gasteiger charge is -2.39. The fourth-order valence-electron chi connectivity index (χ4n) is 4.18. The molecule has 3 aromatic rings. The molecule has 2 aliphatic heterocycles. The molecule has 146 valence electrons. The third-order valence-corrected chi connectivity index (χ3v) is 5.86. The summed E-state index contributed by atoms with van der Waals surface area (Å²) < 4.78 is 0. The van der Waals surface area contributed by atoms with Gasteiger partial charge in [-0.15, -0.1) is 0 Å². The van der Waals surface area contributed by atoms with Crippen molar-refractivity contribution in [2.24, 2.45) is 0 Å². The Bertz CT molecular complexity index is 1160. The van der Waals surface area contributed by atoms with Gasteiger partial charge < -0.3 is 10.2 Å². The molecule has 0 unspecified atom stereocenters. The van der Waals surface area contributed by atoms with Gasteiger partial charge >= 0.3 is 6.03 Å². The first-order valence-corrected chi connectivity index (χ1v) is 9.60. The molecule has 5 rings (SSSR count). The number of rotatable bonds is 3. The molecule has 1 aromatic heterocycles. The molecule has 29 heavy (non-hydrogen) atoms. The molecule has 7 heteroatoms. The average Bonchev–Trinajstić information content (AvgIpc) is 3.15. The molecule has 0 bridgehead atoms. The summed E-state index contributed by atoms with van der Waals surface area (Å²) in [5.74, 6) is 0.257. The second-order valence-corrected chi connectivity index (χ2v) is 7.64. The van der Waals surface area contributed by atoms with Gasteiger partial charge in [0, 0.05) is 30.1 Å². The Morgan fingerprint density at radius 3 is 2.90 bits per heavy atom. The van der Waals surface area contributed by atoms with Gasteiger partial charge in [0.05, 0.1) is 23.9 Å². The lowest BCUT2D eigenvalue weighted by Crippen LogP contribution is -2.47. The van der Waals surface area contributed by atoms with Crippen LogP contribution in [-0.4, -0.2) is 40.1 Å². The van der Waals surface area contributed by atoms with Crippen molar-refractivity contribution >= 4 is 34.2 Å². The van der Waals surface area contributed by atoms with Crippen LogP contribution in [0.15, 0.2) is 49.2 Å². The Kier molecular flexibility index (Phi) is 3.91. The van der Waals surface area contributed by atoms with Crippen LogP contribution in [0.1, 0.15) is 22.6 Å². The Balaban J connectivity index is 1.42. The minimum Gasteiger partial charge on any atom is -0.338 e. The first-order chi connectivity index (χ1) is 14.0. The first kappa shape index (κ1) is 17.5. The summed E-state index contributed by atoms with van der Waals surface area (Å²) in [5, 5.41) is 11.1. The largest absolute Gasteiger partial charge is 0.338 e. The second kappa shape index (κ2) is 6.48. The molecule has 7 nitrogen and oxygen atoms in total. The number of hydrogen-bond acceptors (Lipinski definition) is 3. The summed E-state index contributed by atoms with van der Waals surface area (Å²) in [7, 11) is 0. The average molecular weight is 387 g/mol. The standard InChI is InChI=1S/C22H21N5O2/c1-3-20(28)26-10-16(11-26)14-5-6-15-12-27(22(29)24-19(15)8-14)21-13(2)4-7-18-17(21)9-23-25-18/h3-9,16H,1,10-12H2,2H3,(H,23,25)(H,24,29). The number of urea groups is 1. The van der Waals surface area contributed by atoms with Gasteiger partial charge in [-0.3, -0.25) is 14.8 Å². The van der Waals surface area contributed by atoms with Crippen LogP contribution in [0.3, 0.4) is 0 Å². The van der Waals surface area contributed by atoms with Gasteiger partial charge in [-0.1, -0.05) is 24.8 Å². The van der Waals surface area contributed by atoms with Crippen molar-refractivity contribution in [1.82, 2.24) is 15.1 Å². The van der Waals surface area contributed by atoms with E-state index in [0.717, 1.165) is 39.0 Å². The molecule has 0 aliphatic carbocycles. The Morgan fingerprint density at radius 1 is 1.28 bits per heavy atom. The van der Waals surface area contributed by atoms with Crippen LogP contribution in [0.5, 0.6) is 0 Å². The van der Waals surface area contributed by atoms with E-state index in [0.29, 0.717) is 25.6 Å². The van der Waals surface area contributed by atoms with E-state index in [1.807, 2.05) is 25.1 Å². The lowest BCUT2D eigenvalue weighted by molar-refractivity contribution is -0.130. The molecule has 1 saturated heterocycles. The van der Waals surface area contributed by atoms with E-state index in [4.69, 9.17) is 0 Å². The highest BCUT2D eigenvalue weighted by atomic mass is 16.2. The molecule has 2 aromatic carbocycles. The second-order valence-electron chi connectivity index (χ2n) is 7.64. The molecule has 0 radical (unpaired) electrons. The number of likely N-dealkylation sites (tertiary alicyclic amines) is 1. The van der Waals surface area contributed by atoms with Gasteiger partial charge in [-0.25, -0.2) is 4.79 Å². The van der Waals surface area contributed by atoms with Crippen molar-refractivity contribution < 1.29 is 9.59 Å². The number of amides is 3. The predicted octanol–water partition coefficient (Wildman–Crippen LogP) is 3.54. The zero-order chi connectivity index (χ0) is 20.1. The number of hydrogen-bond donors (Lipinski definition) is 2. The third kappa shape index (κ3) is 2.77. The van der Waals surface area contributed by atoms with Crippen LogP contribution < -0.4 is 10.2 Å². The molecule has 0 saturated carbocycles. The van der Waals surface area contributed by atoms with E-state index in [-0.39, 0.29) is 11.9 Å². The molecule has 3 amide bonds. The molecule has 2 N–H and O–H groups in total. The number of nitrogens with one attached hydrogen (secondary N) is 2. The van der Waals surface area contributed by atoms with Crippen molar-refractivity contribution in [3.05, 3.63) is 65.9 Å². The van der Waals surface area contributed by atoms with Crippen LogP contribution in [0.2, 0.25) is 0 Å². The van der Waals surface area contributed by atoms with Crippen LogP contribution in [0.4, 0.5) is 16.2 Å². The van der Waals surface area contributed by atoms with Gasteiger partial charge in [0.15, 0.2) is 0 Å². The van der Waals surface area contributed by atoms with Crippen molar-refractivity contribution in [2.45, 2.75) is 19.4 Å². The molecular formula is C22H21N5O2. The number of carbonyl (C=O) groups is 2. The van der Waals surface area contributed by atoms with Crippen LogP contribution in [0.25, 0.3) is 10.9 Å². The van der Waals surface area contributed by atoms with Crippen LogP contribution >= 0.6 is 0 Å². The molecule has 0 atom stereocenters. The van der Waals surface area contributed by atoms with E-state index in [9.17, 15) is 9.59 Å². The number of H-pyrrole nitrogens is 1. The van der Waals surface area contributed by atoms with Gasteiger partial charge in [0.25, 0.3) is 0 Å². The van der Waals surface area contributed by atoms with E-state index < -0.39 is 0 Å². The minimum absolute atomic E-state index is 0.0352. The molecular weight excluding hydrogens is 366 g/mol. The van der Waals surface area contributed by atoms with Gasteiger partial charge in [-0.2, -0.15) is 5.10 Å². The maximum Gasteiger partial charge on any atom is 0.326 e. The zero-order valence-corrected chi connectivity index (χ0v) is 16.1. The fourth-order valence-corrected chi connectivity index (χ4v) is 4.18. The lowest BCUT2D eigenvalue weighted by atomic mass is 9.89. The SMILES string of the molecule is C=CC(=O)N1CC(c2ccc3c(c2)NC(=O)N(c2c(C)ccc4[nH]ncc24)C3)C1. The first-order valence-electron chi connectivity index (χ1n) is 9.60. The molecule has 1 fully saturated rings. The van der Waals surface area contributed by atoms with E-state index in [1.165, 1.54) is 6.08 Å². The maximum absolute atomic E-state index is 12.9. The molecule has 0 spiro atoms. The normalized spacial score (nSPS) is 16.4. The highest BCUT2D eigenvalue weighted by molar-refractivity contribution is 6.09. The van der Waals surface area contributed by atoms with Crippen molar-refractivity contribution in [1.29, 1.82) is 0 Å². The number of aryl methyl sites for hydroxylation is 1. The fraction of sp³-hybridized carbons (Fsp3) is 0.227. The van der Waals surface area contributed by atoms with Gasteiger partial charge in [-0.05, 0) is 41.8 Å². The summed E-state index contributed by atoms with van der Waals surface area (Å²) in [6, 6.07) is 10.0. The molecule has 2 aliphatic rings. The van der Waals surface area contributed by atoms with Crippen molar-refractivity contribution in [2.75, 3.05) is 23.3 Å². The summed E-state index contributed by atoms with van der Waals surface area (Å²) in [6.45, 7) is 7.40. The highest BCUT2D eigenvalue weighted by Crippen LogP contribution is 2.36. The van der Waals surface area contributed by atoms with E-state index in [1.54, 1.807) is 16.0 Å². The summed E-state index contributed by atoms with van der Waals surface area (Å²) in [6.07, 6.45) is 3.11. The Morgan fingerprint density at radius 2 is 2.10 bits per heavy atom. The van der Waals surface area contributed by atoms with Crippen LogP contribution in [-0.2, 0) is 11.3 Å². The number of aromatic amines is 1. The van der Waals surface area contributed by atoms with Crippen LogP contribution in [0, 0.1) is 6.92 Å². The number of aromatic nitrogens is 2. The maximum atomic E-state index is 12.9. The van der Waals surface area contributed by atoms with E-state index in [2.05, 4.69) is 34.2 Å². The number of fused-ring (bicyclic) bond motifs is 2. The Hall–Kier alpha value is -3.61. The number of benzene rings is 2. The quantitative estimate of drug-likeness (QED) is 0.675. The monoisotopic (exact) mass is 387 g/mol.